The Hall–Kier alpha value is -1.16. The fourth-order valence-electron chi connectivity index (χ4n) is 1.90. The van der Waals surface area contributed by atoms with Gasteiger partial charge in [0.1, 0.15) is 0 Å². The monoisotopic (exact) mass is 331 g/mol. The summed E-state index contributed by atoms with van der Waals surface area (Å²) < 4.78 is 26.5. The standard InChI is InChI=1S/C12H17N3O4S2/c16-12(17)10-1-2-11(13-9-10)21(18,19)14-3-4-15-5-7-20-8-6-15/h1-2,9,14H,3-8H2,(H,16,17). The summed E-state index contributed by atoms with van der Waals surface area (Å²) >= 11 is 1.90. The van der Waals surface area contributed by atoms with E-state index in [-0.39, 0.29) is 10.6 Å². The van der Waals surface area contributed by atoms with Crippen molar-refractivity contribution in [2.75, 3.05) is 37.7 Å². The highest BCUT2D eigenvalue weighted by Gasteiger charge is 2.17. The summed E-state index contributed by atoms with van der Waals surface area (Å²) in [5.74, 6) is 1.01. The average Bonchev–Trinajstić information content (AvgIpc) is 2.48. The molecule has 0 spiro atoms. The number of sulfonamides is 1. The van der Waals surface area contributed by atoms with Crippen molar-refractivity contribution in [1.82, 2.24) is 14.6 Å². The van der Waals surface area contributed by atoms with Gasteiger partial charge in [-0.3, -0.25) is 0 Å². The number of carboxylic acid groups (broad SMARTS) is 1. The molecule has 0 amide bonds. The second kappa shape index (κ2) is 7.21. The van der Waals surface area contributed by atoms with Crippen LogP contribution in [0.3, 0.4) is 0 Å². The Kier molecular flexibility index (Phi) is 5.57. The summed E-state index contributed by atoms with van der Waals surface area (Å²) in [4.78, 5) is 16.6. The molecule has 2 N–H and O–H groups in total. The maximum atomic E-state index is 12.0. The van der Waals surface area contributed by atoms with Crippen molar-refractivity contribution in [2.24, 2.45) is 0 Å². The first-order valence-corrected chi connectivity index (χ1v) is 9.12. The van der Waals surface area contributed by atoms with E-state index in [1.165, 1.54) is 12.1 Å². The highest BCUT2D eigenvalue weighted by atomic mass is 32.2. The van der Waals surface area contributed by atoms with Crippen molar-refractivity contribution in [1.29, 1.82) is 0 Å². The van der Waals surface area contributed by atoms with E-state index in [4.69, 9.17) is 5.11 Å². The molecule has 0 atom stereocenters. The highest BCUT2D eigenvalue weighted by Crippen LogP contribution is 2.09. The van der Waals surface area contributed by atoms with Crippen LogP contribution in [0.1, 0.15) is 10.4 Å². The van der Waals surface area contributed by atoms with Gasteiger partial charge in [-0.15, -0.1) is 0 Å². The number of nitrogens with zero attached hydrogens (tertiary/aromatic N) is 2. The molecule has 9 heteroatoms. The van der Waals surface area contributed by atoms with Gasteiger partial charge in [0, 0.05) is 43.9 Å². The van der Waals surface area contributed by atoms with E-state index < -0.39 is 16.0 Å². The van der Waals surface area contributed by atoms with Crippen LogP contribution in [0.2, 0.25) is 0 Å². The molecule has 1 saturated heterocycles. The number of hydrogen-bond donors (Lipinski definition) is 2. The Morgan fingerprint density at radius 3 is 2.67 bits per heavy atom. The number of carboxylic acids is 1. The molecule has 0 radical (unpaired) electrons. The molecule has 0 aromatic carbocycles. The first-order chi connectivity index (χ1) is 9.99. The maximum Gasteiger partial charge on any atom is 0.337 e. The van der Waals surface area contributed by atoms with Crippen LogP contribution in [0.25, 0.3) is 0 Å². The molecule has 1 aromatic heterocycles. The van der Waals surface area contributed by atoms with E-state index in [1.54, 1.807) is 0 Å². The molecule has 0 aliphatic carbocycles. The van der Waals surface area contributed by atoms with Crippen molar-refractivity contribution in [3.8, 4) is 0 Å². The van der Waals surface area contributed by atoms with E-state index in [9.17, 15) is 13.2 Å². The lowest BCUT2D eigenvalue weighted by atomic mass is 10.3. The van der Waals surface area contributed by atoms with E-state index in [2.05, 4.69) is 14.6 Å². The predicted octanol–water partition coefficient (Wildman–Crippen LogP) is 0.107. The van der Waals surface area contributed by atoms with Gasteiger partial charge in [0.05, 0.1) is 5.56 Å². The Balaban J connectivity index is 1.90. The summed E-state index contributed by atoms with van der Waals surface area (Å²) in [5.41, 5.74) is -0.0419. The van der Waals surface area contributed by atoms with Crippen LogP contribution in [0.4, 0.5) is 0 Å². The number of aromatic nitrogens is 1. The number of thioether (sulfide) groups is 1. The molecule has 21 heavy (non-hydrogen) atoms. The number of carbonyl (C=O) groups is 1. The maximum absolute atomic E-state index is 12.0. The van der Waals surface area contributed by atoms with Crippen LogP contribution in [0, 0.1) is 0 Å². The van der Waals surface area contributed by atoms with Crippen LogP contribution in [-0.4, -0.2) is 67.1 Å². The van der Waals surface area contributed by atoms with Crippen LogP contribution in [-0.2, 0) is 10.0 Å². The van der Waals surface area contributed by atoms with Gasteiger partial charge >= 0.3 is 5.97 Å². The molecule has 1 aromatic rings. The number of nitrogens with one attached hydrogen (secondary N) is 1. The zero-order valence-electron chi connectivity index (χ0n) is 11.4. The summed E-state index contributed by atoms with van der Waals surface area (Å²) in [7, 11) is -3.69. The minimum Gasteiger partial charge on any atom is -0.478 e. The summed E-state index contributed by atoms with van der Waals surface area (Å²) in [6.45, 7) is 2.91. The van der Waals surface area contributed by atoms with Gasteiger partial charge in [-0.25, -0.2) is 22.9 Å². The molecule has 1 fully saturated rings. The molecular formula is C12H17N3O4S2. The third-order valence-corrected chi connectivity index (χ3v) is 5.40. The van der Waals surface area contributed by atoms with Crippen LogP contribution < -0.4 is 4.72 Å². The zero-order valence-corrected chi connectivity index (χ0v) is 13.0. The van der Waals surface area contributed by atoms with E-state index in [0.29, 0.717) is 13.1 Å². The lowest BCUT2D eigenvalue weighted by Crippen LogP contribution is -2.39. The van der Waals surface area contributed by atoms with E-state index >= 15 is 0 Å². The van der Waals surface area contributed by atoms with E-state index in [1.807, 2.05) is 11.8 Å². The van der Waals surface area contributed by atoms with Crippen LogP contribution in [0.15, 0.2) is 23.4 Å². The molecule has 1 aliphatic rings. The second-order valence-electron chi connectivity index (χ2n) is 4.54. The summed E-state index contributed by atoms with van der Waals surface area (Å²) in [5, 5.41) is 8.59. The number of aromatic carboxylic acids is 1. The third kappa shape index (κ3) is 4.67. The molecule has 0 unspecified atom stereocenters. The van der Waals surface area contributed by atoms with Crippen molar-refractivity contribution in [2.45, 2.75) is 5.03 Å². The van der Waals surface area contributed by atoms with Gasteiger partial charge in [-0.05, 0) is 12.1 Å². The molecule has 0 bridgehead atoms. The summed E-state index contributed by atoms with van der Waals surface area (Å²) in [6, 6.07) is 2.43. The van der Waals surface area contributed by atoms with Gasteiger partial charge in [-0.1, -0.05) is 0 Å². The predicted molar refractivity (Wildman–Crippen MR) is 80.1 cm³/mol. The fraction of sp³-hybridized carbons (Fsp3) is 0.500. The van der Waals surface area contributed by atoms with Crippen molar-refractivity contribution in [3.05, 3.63) is 23.9 Å². The normalized spacial score (nSPS) is 16.8. The number of hydrogen-bond acceptors (Lipinski definition) is 6. The van der Waals surface area contributed by atoms with Crippen LogP contribution >= 0.6 is 11.8 Å². The van der Waals surface area contributed by atoms with Crippen molar-refractivity contribution >= 4 is 27.8 Å². The van der Waals surface area contributed by atoms with Gasteiger partial charge < -0.3 is 10.0 Å². The summed E-state index contributed by atoms with van der Waals surface area (Å²) in [6.07, 6.45) is 1.04. The smallest absolute Gasteiger partial charge is 0.337 e. The van der Waals surface area contributed by atoms with Gasteiger partial charge in [0.15, 0.2) is 5.03 Å². The first-order valence-electron chi connectivity index (χ1n) is 6.48. The molecule has 7 nitrogen and oxygen atoms in total. The van der Waals surface area contributed by atoms with Gasteiger partial charge in [0.25, 0.3) is 10.0 Å². The SMILES string of the molecule is O=C(O)c1ccc(S(=O)(=O)NCCN2CCSCC2)nc1. The fourth-order valence-corrected chi connectivity index (χ4v) is 3.83. The van der Waals surface area contributed by atoms with Crippen molar-refractivity contribution < 1.29 is 18.3 Å². The largest absolute Gasteiger partial charge is 0.478 e. The third-order valence-electron chi connectivity index (χ3n) is 3.08. The Morgan fingerprint density at radius 2 is 2.10 bits per heavy atom. The molecule has 1 aliphatic heterocycles. The van der Waals surface area contributed by atoms with Crippen LogP contribution in [0.5, 0.6) is 0 Å². The Morgan fingerprint density at radius 1 is 1.38 bits per heavy atom. The van der Waals surface area contributed by atoms with E-state index in [0.717, 1.165) is 30.8 Å². The minimum atomic E-state index is -3.69. The lowest BCUT2D eigenvalue weighted by molar-refractivity contribution is 0.0696. The van der Waals surface area contributed by atoms with Crippen molar-refractivity contribution in [3.63, 3.8) is 0 Å². The Labute approximate surface area is 127 Å². The number of pyridine rings is 1. The average molecular weight is 331 g/mol. The Bertz CT molecular complexity index is 583. The van der Waals surface area contributed by atoms with Gasteiger partial charge in [-0.2, -0.15) is 11.8 Å². The molecule has 116 valence electrons. The lowest BCUT2D eigenvalue weighted by Gasteiger charge is -2.25. The topological polar surface area (TPSA) is 99.6 Å². The van der Waals surface area contributed by atoms with Gasteiger partial charge in [0.2, 0.25) is 0 Å². The number of rotatable bonds is 6. The zero-order chi connectivity index (χ0) is 15.3. The molecule has 2 heterocycles. The quantitative estimate of drug-likeness (QED) is 0.763. The second-order valence-corrected chi connectivity index (χ2v) is 7.48. The molecular weight excluding hydrogens is 314 g/mol. The first kappa shape index (κ1) is 16.2. The highest BCUT2D eigenvalue weighted by molar-refractivity contribution is 7.99. The molecule has 0 saturated carbocycles. The minimum absolute atomic E-state index is 0.0419. The molecule has 2 rings (SSSR count).